The molecule has 2 fully saturated rings. The van der Waals surface area contributed by atoms with Crippen LogP contribution in [0.3, 0.4) is 0 Å². The molecule has 6 nitrogen and oxygen atoms in total. The van der Waals surface area contributed by atoms with Gasteiger partial charge in [0.1, 0.15) is 0 Å². The number of terminal acetylenes is 1. The number of hydrogen-bond donors (Lipinski definition) is 1. The molecular weight excluding hydrogens is 318 g/mol. The zero-order valence-electron chi connectivity index (χ0n) is 14.7. The fourth-order valence-corrected chi connectivity index (χ4v) is 4.57. The molecule has 1 aliphatic carbocycles. The van der Waals surface area contributed by atoms with Crippen LogP contribution < -0.4 is 0 Å². The number of carbonyl (C=O) groups excluding carboxylic acids is 1. The largest absolute Gasteiger partial charge is 0.481 e. The molecule has 1 saturated carbocycles. The number of piperidine rings is 1. The Morgan fingerprint density at radius 1 is 1.16 bits per heavy atom. The van der Waals surface area contributed by atoms with Crippen LogP contribution in [0.2, 0.25) is 0 Å². The predicted octanol–water partition coefficient (Wildman–Crippen LogP) is 3.08. The molecule has 1 N–H and O–H groups in total. The van der Waals surface area contributed by atoms with Crippen molar-refractivity contribution in [1.82, 2.24) is 4.90 Å². The van der Waals surface area contributed by atoms with Crippen LogP contribution in [0.5, 0.6) is 0 Å². The van der Waals surface area contributed by atoms with Crippen LogP contribution in [0, 0.1) is 30.1 Å². The lowest BCUT2D eigenvalue weighted by Crippen LogP contribution is -2.41. The minimum absolute atomic E-state index is 0.164. The Kier molecular flexibility index (Phi) is 5.41. The third-order valence-electron chi connectivity index (χ3n) is 6.18. The van der Waals surface area contributed by atoms with Gasteiger partial charge in [-0.1, -0.05) is 6.42 Å². The van der Waals surface area contributed by atoms with Crippen LogP contribution in [-0.4, -0.2) is 40.6 Å². The van der Waals surface area contributed by atoms with Crippen molar-refractivity contribution >= 4 is 11.9 Å². The summed E-state index contributed by atoms with van der Waals surface area (Å²) in [4.78, 5) is 25.8. The van der Waals surface area contributed by atoms with Crippen molar-refractivity contribution in [2.75, 3.05) is 13.1 Å². The Hall–Kier alpha value is -1.90. The second-order valence-electron chi connectivity index (χ2n) is 7.64. The van der Waals surface area contributed by atoms with Gasteiger partial charge in [0, 0.05) is 38.8 Å². The van der Waals surface area contributed by atoms with E-state index in [-0.39, 0.29) is 17.5 Å². The van der Waals surface area contributed by atoms with Gasteiger partial charge in [-0.25, -0.2) is 0 Å². The molecule has 0 spiro atoms. The maximum atomic E-state index is 12.5. The molecule has 6 heteroatoms. The van der Waals surface area contributed by atoms with E-state index in [2.05, 4.69) is 16.1 Å². The summed E-state index contributed by atoms with van der Waals surface area (Å²) >= 11 is 0. The molecule has 0 aromatic carbocycles. The second kappa shape index (κ2) is 7.55. The van der Waals surface area contributed by atoms with Gasteiger partial charge in [-0.15, -0.1) is 12.3 Å². The van der Waals surface area contributed by atoms with Gasteiger partial charge in [0.2, 0.25) is 5.91 Å². The fourth-order valence-electron chi connectivity index (χ4n) is 4.57. The number of nitrogens with zero attached hydrogens (tertiary/aromatic N) is 3. The minimum Gasteiger partial charge on any atom is -0.481 e. The Balaban J connectivity index is 1.42. The summed E-state index contributed by atoms with van der Waals surface area (Å²) in [5.41, 5.74) is -0.390. The summed E-state index contributed by atoms with van der Waals surface area (Å²) in [6, 6.07) is 0. The van der Waals surface area contributed by atoms with Crippen LogP contribution in [0.15, 0.2) is 10.2 Å². The third-order valence-corrected chi connectivity index (χ3v) is 6.18. The molecule has 0 aromatic rings. The number of rotatable bonds is 7. The van der Waals surface area contributed by atoms with Crippen LogP contribution in [0.1, 0.15) is 57.8 Å². The normalized spacial score (nSPS) is 27.9. The number of aliphatic carboxylic acids is 1. The first kappa shape index (κ1) is 17.9. The summed E-state index contributed by atoms with van der Waals surface area (Å²) in [6.07, 6.45) is 12.5. The Morgan fingerprint density at radius 3 is 2.48 bits per heavy atom. The van der Waals surface area contributed by atoms with E-state index in [0.717, 1.165) is 51.6 Å². The molecule has 136 valence electrons. The van der Waals surface area contributed by atoms with Gasteiger partial charge < -0.3 is 10.0 Å². The number of carboxylic acids is 1. The van der Waals surface area contributed by atoms with E-state index in [1.807, 2.05) is 4.90 Å². The van der Waals surface area contributed by atoms with Crippen LogP contribution in [0.4, 0.5) is 0 Å². The van der Waals surface area contributed by atoms with Crippen LogP contribution in [-0.2, 0) is 9.59 Å². The number of likely N-dealkylation sites (tertiary alicyclic amines) is 1. The monoisotopic (exact) mass is 345 g/mol. The lowest BCUT2D eigenvalue weighted by molar-refractivity contribution is -0.144. The predicted molar refractivity (Wildman–Crippen MR) is 92.7 cm³/mol. The highest BCUT2D eigenvalue weighted by Crippen LogP contribution is 2.42. The van der Waals surface area contributed by atoms with Gasteiger partial charge in [0.05, 0.1) is 5.92 Å². The lowest BCUT2D eigenvalue weighted by atomic mass is 9.78. The van der Waals surface area contributed by atoms with Gasteiger partial charge in [-0.3, -0.25) is 9.59 Å². The van der Waals surface area contributed by atoms with Gasteiger partial charge in [0.15, 0.2) is 5.66 Å². The van der Waals surface area contributed by atoms with Crippen LogP contribution in [0.25, 0.3) is 0 Å². The molecule has 3 aliphatic rings. The summed E-state index contributed by atoms with van der Waals surface area (Å²) in [5, 5.41) is 17.5. The first-order chi connectivity index (χ1) is 12.0. The fraction of sp³-hybridized carbons (Fsp3) is 0.789. The van der Waals surface area contributed by atoms with Crippen molar-refractivity contribution in [2.24, 2.45) is 28.0 Å². The smallest absolute Gasteiger partial charge is 0.306 e. The summed E-state index contributed by atoms with van der Waals surface area (Å²) in [6.45, 7) is 1.50. The van der Waals surface area contributed by atoms with Crippen molar-refractivity contribution in [3.63, 3.8) is 0 Å². The molecule has 0 aromatic heterocycles. The number of hydrogen-bond acceptors (Lipinski definition) is 4. The number of amides is 1. The SMILES string of the molecule is C#CCCC1(CCC(=O)N2CCC(C3CCCC3C(=O)O)CC2)N=N1. The van der Waals surface area contributed by atoms with E-state index < -0.39 is 5.97 Å². The molecule has 1 saturated heterocycles. The highest BCUT2D eigenvalue weighted by Gasteiger charge is 2.41. The zero-order valence-corrected chi connectivity index (χ0v) is 14.7. The zero-order chi connectivity index (χ0) is 17.9. The van der Waals surface area contributed by atoms with Crippen molar-refractivity contribution in [2.45, 2.75) is 63.5 Å². The first-order valence-electron chi connectivity index (χ1n) is 9.43. The maximum absolute atomic E-state index is 12.5. The van der Waals surface area contributed by atoms with E-state index in [9.17, 15) is 14.7 Å². The van der Waals surface area contributed by atoms with Gasteiger partial charge in [-0.05, 0) is 37.5 Å². The van der Waals surface area contributed by atoms with Crippen molar-refractivity contribution < 1.29 is 14.7 Å². The third kappa shape index (κ3) is 4.20. The molecule has 25 heavy (non-hydrogen) atoms. The Bertz CT molecular complexity index is 581. The average Bonchev–Trinajstić information content (AvgIpc) is 3.21. The average molecular weight is 345 g/mol. The van der Waals surface area contributed by atoms with Crippen molar-refractivity contribution in [3.8, 4) is 12.3 Å². The Labute approximate surface area is 149 Å². The molecule has 3 rings (SSSR count). The Morgan fingerprint density at radius 2 is 1.88 bits per heavy atom. The highest BCUT2D eigenvalue weighted by molar-refractivity contribution is 5.76. The molecule has 1 amide bonds. The summed E-state index contributed by atoms with van der Waals surface area (Å²) in [5.74, 6) is 2.69. The van der Waals surface area contributed by atoms with Crippen molar-refractivity contribution in [1.29, 1.82) is 0 Å². The van der Waals surface area contributed by atoms with Crippen molar-refractivity contribution in [3.05, 3.63) is 0 Å². The number of carboxylic acid groups (broad SMARTS) is 1. The van der Waals surface area contributed by atoms with E-state index in [1.54, 1.807) is 0 Å². The topological polar surface area (TPSA) is 82.3 Å². The van der Waals surface area contributed by atoms with Gasteiger partial charge in [0.25, 0.3) is 0 Å². The van der Waals surface area contributed by atoms with E-state index in [4.69, 9.17) is 6.42 Å². The maximum Gasteiger partial charge on any atom is 0.306 e. The second-order valence-corrected chi connectivity index (χ2v) is 7.64. The summed E-state index contributed by atoms with van der Waals surface area (Å²) < 4.78 is 0. The molecule has 0 bridgehead atoms. The molecule has 0 radical (unpaired) electrons. The standard InChI is InChI=1S/C19H27N3O3/c1-2-3-10-19(20-21-19)11-7-17(23)22-12-8-14(9-13-22)15-5-4-6-16(15)18(24)25/h1,14-16H,3-13H2,(H,24,25). The van der Waals surface area contributed by atoms with Gasteiger partial charge in [-0.2, -0.15) is 10.2 Å². The molecule has 2 unspecified atom stereocenters. The quantitative estimate of drug-likeness (QED) is 0.720. The van der Waals surface area contributed by atoms with E-state index in [1.165, 1.54) is 0 Å². The van der Waals surface area contributed by atoms with Gasteiger partial charge >= 0.3 is 5.97 Å². The highest BCUT2D eigenvalue weighted by atomic mass is 16.4. The molecular formula is C19H27N3O3. The van der Waals surface area contributed by atoms with E-state index in [0.29, 0.717) is 31.1 Å². The first-order valence-corrected chi connectivity index (χ1v) is 9.43. The van der Waals surface area contributed by atoms with Crippen LogP contribution >= 0.6 is 0 Å². The molecule has 2 heterocycles. The molecule has 2 aliphatic heterocycles. The van der Waals surface area contributed by atoms with E-state index >= 15 is 0 Å². The molecule has 2 atom stereocenters. The minimum atomic E-state index is -0.643. The summed E-state index contributed by atoms with van der Waals surface area (Å²) in [7, 11) is 0. The lowest BCUT2D eigenvalue weighted by Gasteiger charge is -2.36. The number of carbonyl (C=O) groups is 2.